The molecule has 0 bridgehead atoms. The molecule has 1 aromatic heterocycles. The molecule has 1 saturated heterocycles. The maximum absolute atomic E-state index is 12.1. The third kappa shape index (κ3) is 3.67. The van der Waals surface area contributed by atoms with Gasteiger partial charge in [0.15, 0.2) is 0 Å². The Morgan fingerprint density at radius 2 is 2.27 bits per heavy atom. The van der Waals surface area contributed by atoms with E-state index < -0.39 is 0 Å². The molecule has 22 heavy (non-hydrogen) atoms. The maximum atomic E-state index is 12.1. The summed E-state index contributed by atoms with van der Waals surface area (Å²) in [6.07, 6.45) is 2.03. The van der Waals surface area contributed by atoms with E-state index >= 15 is 0 Å². The fourth-order valence-electron chi connectivity index (χ4n) is 2.64. The maximum Gasteiger partial charge on any atom is 0.233 e. The van der Waals surface area contributed by atoms with Crippen LogP contribution in [-0.2, 0) is 4.79 Å². The van der Waals surface area contributed by atoms with E-state index in [1.54, 1.807) is 12.3 Å². The molecule has 0 aliphatic carbocycles. The molecule has 0 aromatic carbocycles. The van der Waals surface area contributed by atoms with E-state index in [4.69, 9.17) is 4.74 Å². The van der Waals surface area contributed by atoms with Gasteiger partial charge in [-0.1, -0.05) is 20.8 Å². The van der Waals surface area contributed by atoms with Crippen LogP contribution in [0, 0.1) is 16.7 Å². The molecule has 6 heteroatoms. The number of likely N-dealkylation sites (tertiary alicyclic amines) is 1. The van der Waals surface area contributed by atoms with Crippen molar-refractivity contribution in [1.29, 1.82) is 5.26 Å². The number of hydrogen-bond acceptors (Lipinski definition) is 5. The molecule has 2 heterocycles. The highest BCUT2D eigenvalue weighted by atomic mass is 16.5. The van der Waals surface area contributed by atoms with Gasteiger partial charge in [0.25, 0.3) is 0 Å². The van der Waals surface area contributed by atoms with Crippen molar-refractivity contribution in [3.05, 3.63) is 17.8 Å². The van der Waals surface area contributed by atoms with Crippen molar-refractivity contribution in [1.82, 2.24) is 9.88 Å². The Morgan fingerprint density at radius 3 is 2.86 bits per heavy atom. The van der Waals surface area contributed by atoms with E-state index in [0.29, 0.717) is 30.1 Å². The van der Waals surface area contributed by atoms with Crippen LogP contribution in [-0.4, -0.2) is 42.0 Å². The number of nitrogens with one attached hydrogen (secondary N) is 1. The van der Waals surface area contributed by atoms with Crippen molar-refractivity contribution in [2.45, 2.75) is 33.2 Å². The molecule has 118 valence electrons. The second-order valence-electron chi connectivity index (χ2n) is 6.73. The molecule has 1 aliphatic rings. The minimum atomic E-state index is -0.00550. The molecule has 1 amide bonds. The summed E-state index contributed by atoms with van der Waals surface area (Å²) >= 11 is 0. The minimum absolute atomic E-state index is 0.00550. The first-order valence-corrected chi connectivity index (χ1v) is 7.31. The Morgan fingerprint density at radius 1 is 1.55 bits per heavy atom. The molecule has 0 spiro atoms. The highest BCUT2D eigenvalue weighted by Gasteiger charge is 2.32. The van der Waals surface area contributed by atoms with Crippen molar-refractivity contribution in [3.63, 3.8) is 0 Å². The molecule has 0 saturated carbocycles. The van der Waals surface area contributed by atoms with Crippen LogP contribution in [0.25, 0.3) is 0 Å². The summed E-state index contributed by atoms with van der Waals surface area (Å²) in [4.78, 5) is 18.0. The molecular weight excluding hydrogens is 280 g/mol. The summed E-state index contributed by atoms with van der Waals surface area (Å²) in [5, 5.41) is 12.6. The molecule has 0 radical (unpaired) electrons. The number of pyridine rings is 1. The van der Waals surface area contributed by atoms with Gasteiger partial charge in [0.1, 0.15) is 11.6 Å². The van der Waals surface area contributed by atoms with Crippen molar-refractivity contribution >= 4 is 11.6 Å². The SMILES string of the molecule is COc1nccc(N[C@H]2CC(=O)N(CC(C)(C)C)C2)c1C#N. The highest BCUT2D eigenvalue weighted by Crippen LogP contribution is 2.26. The molecular formula is C16H22N4O2. The molecule has 6 nitrogen and oxygen atoms in total. The number of nitriles is 1. The Bertz CT molecular complexity index is 601. The average molecular weight is 302 g/mol. The number of nitrogens with zero attached hydrogens (tertiary/aromatic N) is 3. The van der Waals surface area contributed by atoms with E-state index in [1.807, 2.05) is 4.90 Å². The van der Waals surface area contributed by atoms with Crippen LogP contribution in [0.5, 0.6) is 5.88 Å². The van der Waals surface area contributed by atoms with Crippen LogP contribution >= 0.6 is 0 Å². The third-order valence-corrected chi connectivity index (χ3v) is 3.46. The summed E-state index contributed by atoms with van der Waals surface area (Å²) in [5.74, 6) is 0.440. The van der Waals surface area contributed by atoms with Gasteiger partial charge in [-0.05, 0) is 11.5 Å². The van der Waals surface area contributed by atoms with Gasteiger partial charge in [0, 0.05) is 25.7 Å². The number of anilines is 1. The standard InChI is InChI=1S/C16H22N4O2/c1-16(2,3)10-20-9-11(7-14(20)21)19-13-5-6-18-15(22-4)12(13)8-17/h5-6,11H,7,9-10H2,1-4H3,(H,18,19)/t11-/m0/s1. The molecule has 1 N–H and O–H groups in total. The summed E-state index contributed by atoms with van der Waals surface area (Å²) in [6.45, 7) is 7.72. The Balaban J connectivity index is 2.10. The second kappa shape index (κ2) is 6.22. The van der Waals surface area contributed by atoms with Crippen LogP contribution in [0.1, 0.15) is 32.8 Å². The summed E-state index contributed by atoms with van der Waals surface area (Å²) in [5.41, 5.74) is 1.10. The van der Waals surface area contributed by atoms with Crippen molar-refractivity contribution in [3.8, 4) is 11.9 Å². The first-order valence-electron chi connectivity index (χ1n) is 7.31. The Kier molecular flexibility index (Phi) is 4.55. The van der Waals surface area contributed by atoms with E-state index in [1.165, 1.54) is 7.11 Å². The third-order valence-electron chi connectivity index (χ3n) is 3.46. The van der Waals surface area contributed by atoms with Gasteiger partial charge in [-0.3, -0.25) is 4.79 Å². The summed E-state index contributed by atoms with van der Waals surface area (Å²) in [7, 11) is 1.48. The predicted molar refractivity (Wildman–Crippen MR) is 83.6 cm³/mol. The van der Waals surface area contributed by atoms with Crippen LogP contribution in [0.15, 0.2) is 12.3 Å². The summed E-state index contributed by atoms with van der Waals surface area (Å²) in [6, 6.07) is 3.83. The minimum Gasteiger partial charge on any atom is -0.480 e. The Labute approximate surface area is 131 Å². The fourth-order valence-corrected chi connectivity index (χ4v) is 2.64. The zero-order valence-corrected chi connectivity index (χ0v) is 13.5. The van der Waals surface area contributed by atoms with Crippen LogP contribution < -0.4 is 10.1 Å². The lowest BCUT2D eigenvalue weighted by Gasteiger charge is -2.26. The van der Waals surface area contributed by atoms with Gasteiger partial charge in [-0.25, -0.2) is 4.98 Å². The van der Waals surface area contributed by atoms with Gasteiger partial charge in [-0.15, -0.1) is 0 Å². The lowest BCUT2D eigenvalue weighted by molar-refractivity contribution is -0.128. The zero-order chi connectivity index (χ0) is 16.3. The number of amides is 1. The van der Waals surface area contributed by atoms with Crippen molar-refractivity contribution < 1.29 is 9.53 Å². The smallest absolute Gasteiger partial charge is 0.233 e. The van der Waals surface area contributed by atoms with Gasteiger partial charge in [0.2, 0.25) is 11.8 Å². The van der Waals surface area contributed by atoms with Crippen molar-refractivity contribution in [2.24, 2.45) is 5.41 Å². The first-order chi connectivity index (χ1) is 10.3. The number of methoxy groups -OCH3 is 1. The molecule has 2 rings (SSSR count). The number of hydrogen-bond donors (Lipinski definition) is 1. The predicted octanol–water partition coefficient (Wildman–Crippen LogP) is 2.02. The normalized spacial score (nSPS) is 18.2. The van der Waals surface area contributed by atoms with Gasteiger partial charge >= 0.3 is 0 Å². The molecule has 1 fully saturated rings. The van der Waals surface area contributed by atoms with Gasteiger partial charge in [0.05, 0.1) is 18.8 Å². The topological polar surface area (TPSA) is 78.2 Å². The lowest BCUT2D eigenvalue weighted by atomic mass is 9.96. The quantitative estimate of drug-likeness (QED) is 0.920. The van der Waals surface area contributed by atoms with Gasteiger partial charge in [-0.2, -0.15) is 5.26 Å². The molecule has 1 aliphatic heterocycles. The number of ether oxygens (including phenoxy) is 1. The second-order valence-corrected chi connectivity index (χ2v) is 6.73. The van der Waals surface area contributed by atoms with Crippen LogP contribution in [0.4, 0.5) is 5.69 Å². The average Bonchev–Trinajstić information content (AvgIpc) is 2.76. The molecule has 0 unspecified atom stereocenters. The number of aromatic nitrogens is 1. The largest absolute Gasteiger partial charge is 0.480 e. The van der Waals surface area contributed by atoms with Gasteiger partial charge < -0.3 is 15.0 Å². The fraction of sp³-hybridized carbons (Fsp3) is 0.562. The van der Waals surface area contributed by atoms with E-state index in [-0.39, 0.29) is 17.4 Å². The van der Waals surface area contributed by atoms with Crippen molar-refractivity contribution in [2.75, 3.05) is 25.5 Å². The van der Waals surface area contributed by atoms with E-state index in [9.17, 15) is 10.1 Å². The lowest BCUT2D eigenvalue weighted by Crippen LogP contribution is -2.35. The van der Waals surface area contributed by atoms with E-state index in [0.717, 1.165) is 6.54 Å². The highest BCUT2D eigenvalue weighted by molar-refractivity contribution is 5.80. The number of carbonyl (C=O) groups is 1. The first kappa shape index (κ1) is 16.1. The van der Waals surface area contributed by atoms with Crippen LogP contribution in [0.2, 0.25) is 0 Å². The monoisotopic (exact) mass is 302 g/mol. The molecule has 1 aromatic rings. The Hall–Kier alpha value is -2.29. The number of carbonyl (C=O) groups excluding carboxylic acids is 1. The summed E-state index contributed by atoms with van der Waals surface area (Å²) < 4.78 is 5.10. The number of rotatable bonds is 4. The van der Waals surface area contributed by atoms with Crippen LogP contribution in [0.3, 0.4) is 0 Å². The van der Waals surface area contributed by atoms with E-state index in [2.05, 4.69) is 37.1 Å². The molecule has 1 atom stereocenters. The zero-order valence-electron chi connectivity index (χ0n) is 13.5.